The molecule has 43 heavy (non-hydrogen) atoms. The van der Waals surface area contributed by atoms with Gasteiger partial charge in [-0.1, -0.05) is 73.0 Å². The normalized spacial score (nSPS) is 14.2. The first-order chi connectivity index (χ1) is 20.6. The number of benzene rings is 3. The van der Waals surface area contributed by atoms with E-state index in [4.69, 9.17) is 4.74 Å². The summed E-state index contributed by atoms with van der Waals surface area (Å²) >= 11 is 0. The van der Waals surface area contributed by atoms with E-state index in [2.05, 4.69) is 5.32 Å². The summed E-state index contributed by atoms with van der Waals surface area (Å²) in [5, 5.41) is 3.22. The molecule has 0 bridgehead atoms. The lowest BCUT2D eigenvalue weighted by Gasteiger charge is -2.33. The van der Waals surface area contributed by atoms with Crippen LogP contribution in [0, 0.1) is 6.92 Å². The van der Waals surface area contributed by atoms with Crippen LogP contribution in [0.15, 0.2) is 78.9 Å². The van der Waals surface area contributed by atoms with Crippen LogP contribution in [0.2, 0.25) is 0 Å². The van der Waals surface area contributed by atoms with Gasteiger partial charge in [0.05, 0.1) is 19.1 Å². The number of ether oxygens (including phenoxy) is 1. The Morgan fingerprint density at radius 2 is 1.58 bits per heavy atom. The van der Waals surface area contributed by atoms with Crippen molar-refractivity contribution in [2.45, 2.75) is 70.5 Å². The highest BCUT2D eigenvalue weighted by Crippen LogP contribution is 2.24. The van der Waals surface area contributed by atoms with Crippen molar-refractivity contribution in [3.05, 3.63) is 95.6 Å². The zero-order valence-electron chi connectivity index (χ0n) is 25.4. The lowest BCUT2D eigenvalue weighted by Crippen LogP contribution is -2.52. The van der Waals surface area contributed by atoms with Gasteiger partial charge in [0.15, 0.2) is 0 Å². The Hall–Kier alpha value is -3.85. The highest BCUT2D eigenvalue weighted by molar-refractivity contribution is 7.92. The molecule has 3 aromatic carbocycles. The van der Waals surface area contributed by atoms with Gasteiger partial charge in [-0.3, -0.25) is 13.9 Å². The van der Waals surface area contributed by atoms with E-state index in [0.717, 1.165) is 48.6 Å². The Labute approximate surface area is 256 Å². The van der Waals surface area contributed by atoms with Crippen LogP contribution in [0.3, 0.4) is 0 Å². The van der Waals surface area contributed by atoms with Crippen LogP contribution in [0.25, 0.3) is 0 Å². The van der Waals surface area contributed by atoms with Gasteiger partial charge in [-0.05, 0) is 61.6 Å². The molecule has 230 valence electrons. The molecule has 0 spiro atoms. The van der Waals surface area contributed by atoms with Crippen LogP contribution in [-0.2, 0) is 32.6 Å². The molecule has 1 fully saturated rings. The summed E-state index contributed by atoms with van der Waals surface area (Å²) in [7, 11) is -2.04. The summed E-state index contributed by atoms with van der Waals surface area (Å²) in [6, 6.07) is 23.9. The monoisotopic (exact) mass is 605 g/mol. The molecule has 8 nitrogen and oxygen atoms in total. The molecule has 1 saturated carbocycles. The summed E-state index contributed by atoms with van der Waals surface area (Å²) in [4.78, 5) is 29.5. The minimum Gasteiger partial charge on any atom is -0.497 e. The average molecular weight is 606 g/mol. The molecule has 0 aromatic heterocycles. The maximum Gasteiger partial charge on any atom is 0.243 e. The molecule has 1 aliphatic carbocycles. The third-order valence-electron chi connectivity index (χ3n) is 7.96. The second-order valence-electron chi connectivity index (χ2n) is 11.3. The summed E-state index contributed by atoms with van der Waals surface area (Å²) in [6.07, 6.45) is 6.01. The first kappa shape index (κ1) is 32.1. The molecule has 1 atom stereocenters. The van der Waals surface area contributed by atoms with E-state index in [-0.39, 0.29) is 37.4 Å². The van der Waals surface area contributed by atoms with Gasteiger partial charge in [-0.2, -0.15) is 0 Å². The molecule has 4 rings (SSSR count). The molecule has 0 aliphatic heterocycles. The maximum atomic E-state index is 14.0. The number of nitrogens with zero attached hydrogens (tertiary/aromatic N) is 2. The zero-order chi connectivity index (χ0) is 30.8. The number of nitrogens with one attached hydrogen (secondary N) is 1. The van der Waals surface area contributed by atoms with E-state index >= 15 is 0 Å². The number of methoxy groups -OCH3 is 1. The molecule has 0 heterocycles. The second-order valence-corrected chi connectivity index (χ2v) is 13.2. The number of carbonyl (C=O) groups is 2. The minimum atomic E-state index is -3.59. The summed E-state index contributed by atoms with van der Waals surface area (Å²) in [6.45, 7) is 2.42. The van der Waals surface area contributed by atoms with Crippen LogP contribution in [-0.4, -0.2) is 57.1 Å². The van der Waals surface area contributed by atoms with E-state index < -0.39 is 16.1 Å². The Bertz CT molecular complexity index is 1440. The summed E-state index contributed by atoms with van der Waals surface area (Å²) in [5.74, 6) is 0.290. The van der Waals surface area contributed by atoms with Crippen molar-refractivity contribution in [3.63, 3.8) is 0 Å². The van der Waals surface area contributed by atoms with E-state index in [1.165, 1.54) is 4.31 Å². The van der Waals surface area contributed by atoms with Gasteiger partial charge < -0.3 is 15.0 Å². The average Bonchev–Trinajstić information content (AvgIpc) is 3.51. The lowest BCUT2D eigenvalue weighted by atomic mass is 10.0. The number of aryl methyl sites for hydroxylation is 1. The van der Waals surface area contributed by atoms with Crippen molar-refractivity contribution in [1.29, 1.82) is 0 Å². The Balaban J connectivity index is 1.57. The largest absolute Gasteiger partial charge is 0.497 e. The van der Waals surface area contributed by atoms with Gasteiger partial charge in [0.1, 0.15) is 11.8 Å². The van der Waals surface area contributed by atoms with E-state index in [9.17, 15) is 18.0 Å². The number of rotatable bonds is 14. The van der Waals surface area contributed by atoms with Crippen LogP contribution in [0.5, 0.6) is 5.75 Å². The molecule has 3 aromatic rings. The first-order valence-corrected chi connectivity index (χ1v) is 16.8. The molecule has 0 radical (unpaired) electrons. The first-order valence-electron chi connectivity index (χ1n) is 14.9. The molecule has 0 unspecified atom stereocenters. The second kappa shape index (κ2) is 15.0. The topological polar surface area (TPSA) is 96.0 Å². The zero-order valence-corrected chi connectivity index (χ0v) is 26.2. The van der Waals surface area contributed by atoms with E-state index in [1.54, 1.807) is 36.3 Å². The van der Waals surface area contributed by atoms with Crippen LogP contribution in [0.4, 0.5) is 5.69 Å². The minimum absolute atomic E-state index is 0.0933. The van der Waals surface area contributed by atoms with Crippen molar-refractivity contribution in [3.8, 4) is 5.75 Å². The maximum absolute atomic E-state index is 14.0. The lowest BCUT2D eigenvalue weighted by molar-refractivity contribution is -0.141. The van der Waals surface area contributed by atoms with Crippen LogP contribution in [0.1, 0.15) is 55.2 Å². The fourth-order valence-corrected chi connectivity index (χ4v) is 6.53. The SMILES string of the molecule is COc1ccc(N(CCCC(=O)N(Cc2ccc(C)cc2)[C@@H](Cc2ccccc2)C(=O)NC2CCCC2)S(C)(=O)=O)cc1. The van der Waals surface area contributed by atoms with Gasteiger partial charge >= 0.3 is 0 Å². The van der Waals surface area contributed by atoms with Crippen molar-refractivity contribution >= 4 is 27.5 Å². The molecule has 9 heteroatoms. The smallest absolute Gasteiger partial charge is 0.243 e. The summed E-state index contributed by atoms with van der Waals surface area (Å²) < 4.78 is 31.9. The van der Waals surface area contributed by atoms with Gasteiger partial charge in [-0.25, -0.2) is 8.42 Å². The molecular weight excluding hydrogens is 562 g/mol. The molecular formula is C34H43N3O5S. The van der Waals surface area contributed by atoms with Gasteiger partial charge in [-0.15, -0.1) is 0 Å². The standard InChI is InChI=1S/C34H43N3O5S/c1-26-15-17-28(18-16-26)25-36(32(24-27-10-5-4-6-11-27)34(39)35-29-12-7-8-13-29)33(38)14-9-23-37(43(3,40)41)30-19-21-31(42-2)22-20-30/h4-6,10-11,15-22,29,32H,7-9,12-14,23-25H2,1-3H3,(H,35,39)/t32-/m0/s1. The number of anilines is 1. The quantitative estimate of drug-likeness (QED) is 0.271. The Kier molecular flexibility index (Phi) is 11.2. The number of amides is 2. The van der Waals surface area contributed by atoms with Gasteiger partial charge in [0, 0.05) is 32.0 Å². The van der Waals surface area contributed by atoms with Gasteiger partial charge in [0.2, 0.25) is 21.8 Å². The van der Waals surface area contributed by atoms with E-state index in [1.807, 2.05) is 61.5 Å². The molecule has 1 N–H and O–H groups in total. The Morgan fingerprint density at radius 3 is 2.19 bits per heavy atom. The van der Waals surface area contributed by atoms with Crippen molar-refractivity contribution in [2.75, 3.05) is 24.2 Å². The number of hydrogen-bond donors (Lipinski definition) is 1. The number of sulfonamides is 1. The van der Waals surface area contributed by atoms with E-state index in [0.29, 0.717) is 24.3 Å². The summed E-state index contributed by atoms with van der Waals surface area (Å²) in [5.41, 5.74) is 3.52. The third-order valence-corrected chi connectivity index (χ3v) is 9.15. The molecule has 0 saturated heterocycles. The van der Waals surface area contributed by atoms with Crippen molar-refractivity contribution < 1.29 is 22.7 Å². The fourth-order valence-electron chi connectivity index (χ4n) is 5.56. The Morgan fingerprint density at radius 1 is 0.930 bits per heavy atom. The number of hydrogen-bond acceptors (Lipinski definition) is 5. The van der Waals surface area contributed by atoms with Crippen LogP contribution >= 0.6 is 0 Å². The third kappa shape index (κ3) is 9.32. The molecule has 1 aliphatic rings. The van der Waals surface area contributed by atoms with Crippen molar-refractivity contribution in [1.82, 2.24) is 10.2 Å². The highest BCUT2D eigenvalue weighted by Gasteiger charge is 2.32. The van der Waals surface area contributed by atoms with Gasteiger partial charge in [0.25, 0.3) is 0 Å². The van der Waals surface area contributed by atoms with Crippen molar-refractivity contribution in [2.24, 2.45) is 0 Å². The predicted molar refractivity (Wildman–Crippen MR) is 170 cm³/mol. The fraction of sp³-hybridized carbons (Fsp3) is 0.412. The highest BCUT2D eigenvalue weighted by atomic mass is 32.2. The van der Waals surface area contributed by atoms with Crippen LogP contribution < -0.4 is 14.4 Å². The molecule has 2 amide bonds. The number of carbonyl (C=O) groups excluding carboxylic acids is 2. The predicted octanol–water partition coefficient (Wildman–Crippen LogP) is 5.25.